The van der Waals surface area contributed by atoms with E-state index in [2.05, 4.69) is 27.6 Å². The van der Waals surface area contributed by atoms with E-state index in [4.69, 9.17) is 4.74 Å². The van der Waals surface area contributed by atoms with Crippen LogP contribution >= 0.6 is 0 Å². The quantitative estimate of drug-likeness (QED) is 0.793. The molecule has 0 unspecified atom stereocenters. The molecule has 0 aliphatic carbocycles. The number of nitrogens with zero attached hydrogens (tertiary/aromatic N) is 3. The van der Waals surface area contributed by atoms with E-state index < -0.39 is 0 Å². The second-order valence-corrected chi connectivity index (χ2v) is 4.74. The molecule has 17 heavy (non-hydrogen) atoms. The van der Waals surface area contributed by atoms with E-state index in [1.165, 1.54) is 5.69 Å². The molecule has 0 bridgehead atoms. The molecule has 2 aromatic heterocycles. The van der Waals surface area contributed by atoms with Crippen molar-refractivity contribution in [2.45, 2.75) is 26.2 Å². The number of pyridine rings is 1. The van der Waals surface area contributed by atoms with E-state index in [-0.39, 0.29) is 0 Å². The van der Waals surface area contributed by atoms with E-state index in [1.807, 2.05) is 12.1 Å². The lowest BCUT2D eigenvalue weighted by Crippen LogP contribution is -2.18. The van der Waals surface area contributed by atoms with Crippen LogP contribution in [0.25, 0.3) is 5.65 Å². The van der Waals surface area contributed by atoms with Crippen LogP contribution in [0.1, 0.15) is 24.4 Å². The molecule has 3 rings (SSSR count). The lowest BCUT2D eigenvalue weighted by molar-refractivity contribution is 0.0659. The summed E-state index contributed by atoms with van der Waals surface area (Å²) in [5.74, 6) is 1.78. The minimum absolute atomic E-state index is 0.691. The van der Waals surface area contributed by atoms with E-state index in [1.54, 1.807) is 0 Å². The summed E-state index contributed by atoms with van der Waals surface area (Å²) in [6, 6.07) is 6.13. The highest BCUT2D eigenvalue weighted by atomic mass is 16.5. The number of ether oxygens (including phenoxy) is 1. The van der Waals surface area contributed by atoms with Crippen molar-refractivity contribution in [2.24, 2.45) is 5.92 Å². The molecule has 2 aromatic rings. The van der Waals surface area contributed by atoms with Gasteiger partial charge in [0.15, 0.2) is 5.65 Å². The minimum Gasteiger partial charge on any atom is -0.381 e. The Morgan fingerprint density at radius 3 is 2.94 bits per heavy atom. The lowest BCUT2D eigenvalue weighted by Gasteiger charge is -2.21. The molecule has 0 aromatic carbocycles. The Hall–Kier alpha value is -1.42. The SMILES string of the molecule is Cc1cccc2nnc(CC3CCOCC3)n12. The van der Waals surface area contributed by atoms with Gasteiger partial charge in [0.05, 0.1) is 0 Å². The van der Waals surface area contributed by atoms with Crippen molar-refractivity contribution in [1.82, 2.24) is 14.6 Å². The summed E-state index contributed by atoms with van der Waals surface area (Å²) in [6.45, 7) is 3.88. The largest absolute Gasteiger partial charge is 0.381 e. The van der Waals surface area contributed by atoms with Crippen molar-refractivity contribution < 1.29 is 4.74 Å². The number of hydrogen-bond donors (Lipinski definition) is 0. The highest BCUT2D eigenvalue weighted by Gasteiger charge is 2.17. The maximum Gasteiger partial charge on any atom is 0.160 e. The maximum absolute atomic E-state index is 5.39. The van der Waals surface area contributed by atoms with Gasteiger partial charge in [-0.1, -0.05) is 6.07 Å². The standard InChI is InChI=1S/C13H17N3O/c1-10-3-2-4-12-14-15-13(16(10)12)9-11-5-7-17-8-6-11/h2-4,11H,5-9H2,1H3. The molecule has 4 nitrogen and oxygen atoms in total. The minimum atomic E-state index is 0.691. The summed E-state index contributed by atoms with van der Waals surface area (Å²) in [6.07, 6.45) is 3.29. The van der Waals surface area contributed by atoms with Gasteiger partial charge in [0.1, 0.15) is 5.82 Å². The lowest BCUT2D eigenvalue weighted by atomic mass is 9.96. The normalized spacial score (nSPS) is 17.7. The molecule has 1 aliphatic heterocycles. The number of fused-ring (bicyclic) bond motifs is 1. The molecule has 0 saturated carbocycles. The van der Waals surface area contributed by atoms with Gasteiger partial charge in [-0.3, -0.25) is 4.40 Å². The van der Waals surface area contributed by atoms with Gasteiger partial charge < -0.3 is 4.74 Å². The summed E-state index contributed by atoms with van der Waals surface area (Å²) in [5.41, 5.74) is 2.15. The van der Waals surface area contributed by atoms with E-state index in [0.717, 1.165) is 43.9 Å². The topological polar surface area (TPSA) is 39.4 Å². The van der Waals surface area contributed by atoms with Gasteiger partial charge in [0.25, 0.3) is 0 Å². The van der Waals surface area contributed by atoms with Crippen molar-refractivity contribution in [1.29, 1.82) is 0 Å². The van der Waals surface area contributed by atoms with Gasteiger partial charge in [-0.15, -0.1) is 10.2 Å². The molecule has 0 amide bonds. The molecule has 0 spiro atoms. The van der Waals surface area contributed by atoms with Crippen LogP contribution in [0.5, 0.6) is 0 Å². The molecule has 0 radical (unpaired) electrons. The molecule has 1 aliphatic rings. The van der Waals surface area contributed by atoms with Gasteiger partial charge >= 0.3 is 0 Å². The zero-order chi connectivity index (χ0) is 11.7. The van der Waals surface area contributed by atoms with Crippen molar-refractivity contribution in [3.8, 4) is 0 Å². The second kappa shape index (κ2) is 4.45. The average Bonchev–Trinajstić information content (AvgIpc) is 2.75. The molecular weight excluding hydrogens is 214 g/mol. The van der Waals surface area contributed by atoms with Crippen molar-refractivity contribution >= 4 is 5.65 Å². The van der Waals surface area contributed by atoms with Crippen LogP contribution in [0.2, 0.25) is 0 Å². The van der Waals surface area contributed by atoms with Crippen molar-refractivity contribution in [3.63, 3.8) is 0 Å². The van der Waals surface area contributed by atoms with Crippen LogP contribution in [-0.4, -0.2) is 27.8 Å². The van der Waals surface area contributed by atoms with E-state index >= 15 is 0 Å². The number of hydrogen-bond acceptors (Lipinski definition) is 3. The van der Waals surface area contributed by atoms with E-state index in [0.29, 0.717) is 5.92 Å². The monoisotopic (exact) mass is 231 g/mol. The van der Waals surface area contributed by atoms with E-state index in [9.17, 15) is 0 Å². The Bertz CT molecular complexity index is 514. The Labute approximate surface area is 101 Å². The summed E-state index contributed by atoms with van der Waals surface area (Å²) in [7, 11) is 0. The Morgan fingerprint density at radius 2 is 2.12 bits per heavy atom. The molecular formula is C13H17N3O. The number of aryl methyl sites for hydroxylation is 1. The first-order valence-electron chi connectivity index (χ1n) is 6.22. The average molecular weight is 231 g/mol. The Kier molecular flexibility index (Phi) is 2.81. The molecule has 90 valence electrons. The summed E-state index contributed by atoms with van der Waals surface area (Å²) in [5, 5.41) is 8.55. The maximum atomic E-state index is 5.39. The van der Waals surface area contributed by atoms with Gasteiger partial charge in [0.2, 0.25) is 0 Å². The highest BCUT2D eigenvalue weighted by Crippen LogP contribution is 2.20. The second-order valence-electron chi connectivity index (χ2n) is 4.74. The Balaban J connectivity index is 1.89. The van der Waals surface area contributed by atoms with Crippen LogP contribution in [0.15, 0.2) is 18.2 Å². The fraction of sp³-hybridized carbons (Fsp3) is 0.538. The van der Waals surface area contributed by atoms with Crippen LogP contribution in [0, 0.1) is 12.8 Å². The molecule has 1 saturated heterocycles. The predicted octanol–water partition coefficient (Wildman–Crippen LogP) is 2.01. The number of rotatable bonds is 2. The third-order valence-electron chi connectivity index (χ3n) is 3.50. The zero-order valence-corrected chi connectivity index (χ0v) is 10.1. The zero-order valence-electron chi connectivity index (χ0n) is 10.1. The summed E-state index contributed by atoms with van der Waals surface area (Å²) < 4.78 is 7.55. The van der Waals surface area contributed by atoms with Crippen molar-refractivity contribution in [2.75, 3.05) is 13.2 Å². The van der Waals surface area contributed by atoms with Crippen LogP contribution in [-0.2, 0) is 11.2 Å². The molecule has 0 atom stereocenters. The van der Waals surface area contributed by atoms with Crippen molar-refractivity contribution in [3.05, 3.63) is 29.7 Å². The third-order valence-corrected chi connectivity index (χ3v) is 3.50. The fourth-order valence-electron chi connectivity index (χ4n) is 2.51. The molecule has 1 fully saturated rings. The van der Waals surface area contributed by atoms with Gasteiger partial charge in [-0.25, -0.2) is 0 Å². The van der Waals surface area contributed by atoms with Crippen LogP contribution in [0.4, 0.5) is 0 Å². The molecule has 0 N–H and O–H groups in total. The first-order chi connectivity index (χ1) is 8.34. The first kappa shape index (κ1) is 10.7. The highest BCUT2D eigenvalue weighted by molar-refractivity contribution is 5.39. The summed E-state index contributed by atoms with van der Waals surface area (Å²) >= 11 is 0. The molecule has 3 heterocycles. The molecule has 4 heteroatoms. The predicted molar refractivity (Wildman–Crippen MR) is 65.0 cm³/mol. The van der Waals surface area contributed by atoms with Crippen LogP contribution in [0.3, 0.4) is 0 Å². The van der Waals surface area contributed by atoms with Gasteiger partial charge in [0, 0.05) is 25.3 Å². The van der Waals surface area contributed by atoms with Gasteiger partial charge in [-0.05, 0) is 37.8 Å². The smallest absolute Gasteiger partial charge is 0.160 e. The van der Waals surface area contributed by atoms with Gasteiger partial charge in [-0.2, -0.15) is 0 Å². The number of aromatic nitrogens is 3. The first-order valence-corrected chi connectivity index (χ1v) is 6.22. The van der Waals surface area contributed by atoms with Crippen LogP contribution < -0.4 is 0 Å². The third kappa shape index (κ3) is 2.05. The summed E-state index contributed by atoms with van der Waals surface area (Å²) in [4.78, 5) is 0. The Morgan fingerprint density at radius 1 is 1.29 bits per heavy atom. The fourth-order valence-corrected chi connectivity index (χ4v) is 2.51.